The largest absolute Gasteiger partial charge is 0.392 e. The number of nitrogens with zero attached hydrogens (tertiary/aromatic N) is 2. The molecule has 0 bridgehead atoms. The maximum Gasteiger partial charge on any atom is 0.129 e. The molecule has 0 aliphatic rings. The monoisotopic (exact) mass is 280 g/mol. The molecule has 1 aromatic carbocycles. The Kier molecular flexibility index (Phi) is 4.49. The maximum atomic E-state index is 13.5. The zero-order valence-electron chi connectivity index (χ0n) is 11.6. The van der Waals surface area contributed by atoms with Crippen molar-refractivity contribution in [3.63, 3.8) is 0 Å². The molecule has 3 nitrogen and oxygen atoms in total. The average molecular weight is 280 g/mol. The summed E-state index contributed by atoms with van der Waals surface area (Å²) < 4.78 is 28.7. The predicted octanol–water partition coefficient (Wildman–Crippen LogP) is 2.41. The highest BCUT2D eigenvalue weighted by molar-refractivity contribution is 5.21. The first-order valence-corrected chi connectivity index (χ1v) is 6.64. The van der Waals surface area contributed by atoms with E-state index in [1.165, 1.54) is 18.2 Å². The Morgan fingerprint density at radius 2 is 1.90 bits per heavy atom. The van der Waals surface area contributed by atoms with Crippen LogP contribution in [0, 0.1) is 11.6 Å². The number of aryl methyl sites for hydroxylation is 2. The highest BCUT2D eigenvalue weighted by atomic mass is 19.1. The van der Waals surface area contributed by atoms with E-state index < -0.39 is 17.7 Å². The molecule has 108 valence electrons. The highest BCUT2D eigenvalue weighted by Crippen LogP contribution is 2.16. The van der Waals surface area contributed by atoms with Crippen LogP contribution in [-0.4, -0.2) is 21.0 Å². The van der Waals surface area contributed by atoms with Gasteiger partial charge in [-0.25, -0.2) is 8.78 Å². The van der Waals surface area contributed by atoms with Crippen molar-refractivity contribution in [1.29, 1.82) is 0 Å². The number of aliphatic hydroxyl groups excluding tert-OH is 1. The van der Waals surface area contributed by atoms with Crippen molar-refractivity contribution in [3.05, 3.63) is 52.9 Å². The molecule has 2 rings (SSSR count). The predicted molar refractivity (Wildman–Crippen MR) is 72.4 cm³/mol. The molecule has 1 N–H and O–H groups in total. The van der Waals surface area contributed by atoms with Gasteiger partial charge >= 0.3 is 0 Å². The average Bonchev–Trinajstić information content (AvgIpc) is 2.75. The Morgan fingerprint density at radius 1 is 1.25 bits per heavy atom. The molecule has 1 heterocycles. The van der Waals surface area contributed by atoms with Crippen LogP contribution >= 0.6 is 0 Å². The first kappa shape index (κ1) is 14.7. The van der Waals surface area contributed by atoms with E-state index in [2.05, 4.69) is 5.10 Å². The lowest BCUT2D eigenvalue weighted by atomic mass is 10.0. The van der Waals surface area contributed by atoms with Crippen molar-refractivity contribution in [1.82, 2.24) is 9.78 Å². The molecule has 0 amide bonds. The van der Waals surface area contributed by atoms with E-state index >= 15 is 0 Å². The quantitative estimate of drug-likeness (QED) is 0.913. The fourth-order valence-electron chi connectivity index (χ4n) is 2.21. The third-order valence-electron chi connectivity index (χ3n) is 3.34. The summed E-state index contributed by atoms with van der Waals surface area (Å²) in [7, 11) is 1.80. The number of aromatic nitrogens is 2. The molecule has 0 fully saturated rings. The van der Waals surface area contributed by atoms with Crippen LogP contribution in [0.4, 0.5) is 8.78 Å². The molecule has 5 heteroatoms. The van der Waals surface area contributed by atoms with E-state index in [0.29, 0.717) is 6.42 Å². The number of rotatable bonds is 5. The van der Waals surface area contributed by atoms with Gasteiger partial charge < -0.3 is 5.11 Å². The third kappa shape index (κ3) is 3.22. The first-order valence-electron chi connectivity index (χ1n) is 6.64. The summed E-state index contributed by atoms with van der Waals surface area (Å²) in [5.41, 5.74) is 1.72. The van der Waals surface area contributed by atoms with Crippen LogP contribution in [0.1, 0.15) is 23.9 Å². The molecule has 20 heavy (non-hydrogen) atoms. The Labute approximate surface area is 116 Å². The van der Waals surface area contributed by atoms with Crippen LogP contribution in [-0.2, 0) is 26.3 Å². The zero-order chi connectivity index (χ0) is 14.7. The molecule has 0 radical (unpaired) electrons. The van der Waals surface area contributed by atoms with Gasteiger partial charge in [0.1, 0.15) is 11.6 Å². The molecular formula is C15H18F2N2O. The van der Waals surface area contributed by atoms with E-state index in [1.807, 2.05) is 13.0 Å². The highest BCUT2D eigenvalue weighted by Gasteiger charge is 2.16. The lowest BCUT2D eigenvalue weighted by molar-refractivity contribution is 0.170. The third-order valence-corrected chi connectivity index (χ3v) is 3.34. The summed E-state index contributed by atoms with van der Waals surface area (Å²) in [5.74, 6) is -1.24. The smallest absolute Gasteiger partial charge is 0.129 e. The van der Waals surface area contributed by atoms with Gasteiger partial charge in [0, 0.05) is 31.1 Å². The molecule has 0 aliphatic carbocycles. The normalized spacial score (nSPS) is 12.7. The molecule has 0 aliphatic heterocycles. The fourth-order valence-corrected chi connectivity index (χ4v) is 2.21. The van der Waals surface area contributed by atoms with E-state index in [-0.39, 0.29) is 12.0 Å². The van der Waals surface area contributed by atoms with Gasteiger partial charge in [-0.3, -0.25) is 4.68 Å². The second kappa shape index (κ2) is 6.13. The molecule has 0 saturated heterocycles. The fraction of sp³-hybridized carbons (Fsp3) is 0.400. The second-order valence-corrected chi connectivity index (χ2v) is 4.87. The lowest BCUT2D eigenvalue weighted by Crippen LogP contribution is -2.17. The second-order valence-electron chi connectivity index (χ2n) is 4.87. The van der Waals surface area contributed by atoms with Gasteiger partial charge in [-0.15, -0.1) is 0 Å². The van der Waals surface area contributed by atoms with Crippen molar-refractivity contribution < 1.29 is 13.9 Å². The van der Waals surface area contributed by atoms with Crippen molar-refractivity contribution in [3.8, 4) is 0 Å². The Morgan fingerprint density at radius 3 is 2.45 bits per heavy atom. The van der Waals surface area contributed by atoms with Crippen molar-refractivity contribution >= 4 is 0 Å². The summed E-state index contributed by atoms with van der Waals surface area (Å²) in [6.45, 7) is 2.00. The summed E-state index contributed by atoms with van der Waals surface area (Å²) in [6, 6.07) is 5.62. The summed E-state index contributed by atoms with van der Waals surface area (Å²) in [4.78, 5) is 0. The molecule has 1 atom stereocenters. The Hall–Kier alpha value is -1.75. The Bertz CT molecular complexity index is 575. The van der Waals surface area contributed by atoms with Gasteiger partial charge in [-0.05, 0) is 24.6 Å². The lowest BCUT2D eigenvalue weighted by Gasteiger charge is -2.12. The number of benzene rings is 1. The molecule has 2 aromatic rings. The number of aliphatic hydroxyl groups is 1. The van der Waals surface area contributed by atoms with Crippen LogP contribution < -0.4 is 0 Å². The van der Waals surface area contributed by atoms with E-state index in [1.54, 1.807) is 11.7 Å². The van der Waals surface area contributed by atoms with E-state index in [4.69, 9.17) is 0 Å². The molecular weight excluding hydrogens is 262 g/mol. The topological polar surface area (TPSA) is 38.0 Å². The number of hydrogen-bond acceptors (Lipinski definition) is 2. The van der Waals surface area contributed by atoms with Gasteiger partial charge in [0.15, 0.2) is 0 Å². The van der Waals surface area contributed by atoms with E-state index in [9.17, 15) is 13.9 Å². The summed E-state index contributed by atoms with van der Waals surface area (Å²) >= 11 is 0. The van der Waals surface area contributed by atoms with Crippen LogP contribution in [0.3, 0.4) is 0 Å². The molecule has 0 saturated carbocycles. The minimum Gasteiger partial charge on any atom is -0.392 e. The minimum absolute atomic E-state index is 0.0505. The van der Waals surface area contributed by atoms with Crippen LogP contribution in [0.15, 0.2) is 24.3 Å². The SMILES string of the molecule is CCc1cc(CC(O)Cc2c(F)cccc2F)n(C)n1. The minimum atomic E-state index is -0.846. The van der Waals surface area contributed by atoms with Crippen molar-refractivity contribution in [2.24, 2.45) is 7.05 Å². The van der Waals surface area contributed by atoms with Crippen LogP contribution in [0.2, 0.25) is 0 Å². The van der Waals surface area contributed by atoms with Crippen molar-refractivity contribution in [2.75, 3.05) is 0 Å². The summed E-state index contributed by atoms with van der Waals surface area (Å²) in [6.07, 6.45) is 0.232. The van der Waals surface area contributed by atoms with Crippen molar-refractivity contribution in [2.45, 2.75) is 32.3 Å². The van der Waals surface area contributed by atoms with Crippen LogP contribution in [0.5, 0.6) is 0 Å². The van der Waals surface area contributed by atoms with Gasteiger partial charge in [0.25, 0.3) is 0 Å². The van der Waals surface area contributed by atoms with E-state index in [0.717, 1.165) is 17.8 Å². The first-order chi connectivity index (χ1) is 9.51. The van der Waals surface area contributed by atoms with Crippen LogP contribution in [0.25, 0.3) is 0 Å². The Balaban J connectivity index is 2.09. The standard InChI is InChI=1S/C15H18F2N2O/c1-3-10-7-11(19(2)18-10)8-12(20)9-13-14(16)5-4-6-15(13)17/h4-7,12,20H,3,8-9H2,1-2H3. The number of hydrogen-bond donors (Lipinski definition) is 1. The van der Waals surface area contributed by atoms with Gasteiger partial charge in [0.2, 0.25) is 0 Å². The molecule has 0 spiro atoms. The summed E-state index contributed by atoms with van der Waals surface area (Å²) in [5, 5.41) is 14.3. The zero-order valence-corrected chi connectivity index (χ0v) is 11.6. The van der Waals surface area contributed by atoms with Gasteiger partial charge in [-0.1, -0.05) is 13.0 Å². The molecule has 1 aromatic heterocycles. The molecule has 1 unspecified atom stereocenters. The van der Waals surface area contributed by atoms with Gasteiger partial charge in [0.05, 0.1) is 11.8 Å². The number of halogens is 2. The van der Waals surface area contributed by atoms with Gasteiger partial charge in [-0.2, -0.15) is 5.10 Å². The maximum absolute atomic E-state index is 13.5.